The Bertz CT molecular complexity index is 258. The standard InChI is InChI=1S/C13H28N4/c1-10(2)9-15-12(17-14)16-11-6-5-7-13(3,4)8-11/h10-11H,5-9,14H2,1-4H3,(H2,15,16,17). The molecule has 0 aromatic rings. The van der Waals surface area contributed by atoms with E-state index in [0.29, 0.717) is 17.4 Å². The predicted molar refractivity (Wildman–Crippen MR) is 73.6 cm³/mol. The minimum atomic E-state index is 0.438. The largest absolute Gasteiger partial charge is 0.353 e. The molecular formula is C13H28N4. The first kappa shape index (κ1) is 14.3. The fourth-order valence-electron chi connectivity index (χ4n) is 2.42. The third kappa shape index (κ3) is 5.39. The Morgan fingerprint density at radius 3 is 2.71 bits per heavy atom. The van der Waals surface area contributed by atoms with Gasteiger partial charge in [0.05, 0.1) is 0 Å². The van der Waals surface area contributed by atoms with Gasteiger partial charge in [-0.2, -0.15) is 0 Å². The summed E-state index contributed by atoms with van der Waals surface area (Å²) in [6.07, 6.45) is 5.01. The Kier molecular flexibility index (Phi) is 5.25. The smallest absolute Gasteiger partial charge is 0.205 e. The van der Waals surface area contributed by atoms with Crippen molar-refractivity contribution >= 4 is 5.96 Å². The lowest BCUT2D eigenvalue weighted by Gasteiger charge is -2.36. The van der Waals surface area contributed by atoms with Gasteiger partial charge in [-0.3, -0.25) is 10.4 Å². The first-order chi connectivity index (χ1) is 7.93. The molecule has 0 aromatic carbocycles. The van der Waals surface area contributed by atoms with Crippen molar-refractivity contribution in [3.63, 3.8) is 0 Å². The zero-order valence-corrected chi connectivity index (χ0v) is 11.7. The maximum Gasteiger partial charge on any atom is 0.205 e. The monoisotopic (exact) mass is 240 g/mol. The van der Waals surface area contributed by atoms with E-state index >= 15 is 0 Å². The maximum atomic E-state index is 5.50. The Morgan fingerprint density at radius 1 is 1.47 bits per heavy atom. The molecule has 1 rings (SSSR count). The Balaban J connectivity index is 2.47. The molecule has 0 aliphatic heterocycles. The van der Waals surface area contributed by atoms with E-state index in [0.717, 1.165) is 12.5 Å². The van der Waals surface area contributed by atoms with Crippen molar-refractivity contribution in [2.24, 2.45) is 22.2 Å². The Morgan fingerprint density at radius 2 is 2.18 bits per heavy atom. The molecule has 1 fully saturated rings. The highest BCUT2D eigenvalue weighted by atomic mass is 15.3. The van der Waals surface area contributed by atoms with Crippen molar-refractivity contribution < 1.29 is 0 Å². The van der Waals surface area contributed by atoms with E-state index in [1.54, 1.807) is 0 Å². The molecule has 0 heterocycles. The molecule has 4 nitrogen and oxygen atoms in total. The Labute approximate surface area is 105 Å². The summed E-state index contributed by atoms with van der Waals surface area (Å²) in [7, 11) is 0. The first-order valence-corrected chi connectivity index (χ1v) is 6.70. The lowest BCUT2D eigenvalue weighted by Crippen LogP contribution is -2.48. The second kappa shape index (κ2) is 6.24. The SMILES string of the molecule is CC(C)CN=C(NN)NC1CCCC(C)(C)C1. The quantitative estimate of drug-likeness (QED) is 0.306. The molecule has 1 aliphatic rings. The number of hydrogen-bond acceptors (Lipinski definition) is 2. The number of guanidine groups is 1. The topological polar surface area (TPSA) is 62.4 Å². The first-order valence-electron chi connectivity index (χ1n) is 6.70. The fraction of sp³-hybridized carbons (Fsp3) is 0.923. The lowest BCUT2D eigenvalue weighted by molar-refractivity contribution is 0.210. The zero-order chi connectivity index (χ0) is 12.9. The molecule has 1 saturated carbocycles. The molecule has 0 amide bonds. The van der Waals surface area contributed by atoms with Gasteiger partial charge in [0.15, 0.2) is 0 Å². The van der Waals surface area contributed by atoms with E-state index in [4.69, 9.17) is 5.84 Å². The van der Waals surface area contributed by atoms with Crippen molar-refractivity contribution in [2.45, 2.75) is 59.4 Å². The second-order valence-electron chi connectivity index (χ2n) is 6.33. The minimum absolute atomic E-state index is 0.438. The van der Waals surface area contributed by atoms with Crippen LogP contribution in [0.2, 0.25) is 0 Å². The van der Waals surface area contributed by atoms with E-state index in [1.165, 1.54) is 25.7 Å². The van der Waals surface area contributed by atoms with Gasteiger partial charge in [0.1, 0.15) is 0 Å². The predicted octanol–water partition coefficient (Wildman–Crippen LogP) is 2.02. The molecule has 100 valence electrons. The molecule has 1 atom stereocenters. The Hall–Kier alpha value is -0.770. The summed E-state index contributed by atoms with van der Waals surface area (Å²) < 4.78 is 0. The van der Waals surface area contributed by atoms with Crippen LogP contribution >= 0.6 is 0 Å². The minimum Gasteiger partial charge on any atom is -0.353 e. The summed E-state index contributed by atoms with van der Waals surface area (Å²) >= 11 is 0. The van der Waals surface area contributed by atoms with E-state index in [-0.39, 0.29) is 0 Å². The average molecular weight is 240 g/mol. The van der Waals surface area contributed by atoms with Gasteiger partial charge in [-0.15, -0.1) is 0 Å². The van der Waals surface area contributed by atoms with Crippen LogP contribution in [0.15, 0.2) is 4.99 Å². The van der Waals surface area contributed by atoms with E-state index < -0.39 is 0 Å². The van der Waals surface area contributed by atoms with Gasteiger partial charge in [-0.05, 0) is 30.6 Å². The highest BCUT2D eigenvalue weighted by Crippen LogP contribution is 2.34. The number of hydrogen-bond donors (Lipinski definition) is 3. The fourth-order valence-corrected chi connectivity index (χ4v) is 2.42. The third-order valence-electron chi connectivity index (χ3n) is 3.30. The molecule has 0 aromatic heterocycles. The molecule has 4 N–H and O–H groups in total. The van der Waals surface area contributed by atoms with Crippen molar-refractivity contribution in [2.75, 3.05) is 6.54 Å². The van der Waals surface area contributed by atoms with E-state index in [9.17, 15) is 0 Å². The summed E-state index contributed by atoms with van der Waals surface area (Å²) in [6.45, 7) is 9.79. The van der Waals surface area contributed by atoms with Crippen LogP contribution in [0.4, 0.5) is 0 Å². The van der Waals surface area contributed by atoms with Crippen molar-refractivity contribution in [1.82, 2.24) is 10.7 Å². The maximum absolute atomic E-state index is 5.50. The molecule has 4 heteroatoms. The van der Waals surface area contributed by atoms with Gasteiger partial charge >= 0.3 is 0 Å². The molecule has 0 saturated heterocycles. The number of nitrogens with zero attached hydrogens (tertiary/aromatic N) is 1. The molecule has 0 spiro atoms. The second-order valence-corrected chi connectivity index (χ2v) is 6.33. The van der Waals surface area contributed by atoms with Gasteiger partial charge in [-0.1, -0.05) is 34.1 Å². The van der Waals surface area contributed by atoms with Crippen LogP contribution in [0.25, 0.3) is 0 Å². The highest BCUT2D eigenvalue weighted by molar-refractivity contribution is 5.79. The lowest BCUT2D eigenvalue weighted by atomic mass is 9.75. The number of rotatable bonds is 3. The van der Waals surface area contributed by atoms with Gasteiger partial charge in [0.2, 0.25) is 5.96 Å². The molecular weight excluding hydrogens is 212 g/mol. The number of hydrazine groups is 1. The summed E-state index contributed by atoms with van der Waals surface area (Å²) in [5.41, 5.74) is 3.11. The van der Waals surface area contributed by atoms with Crippen LogP contribution < -0.4 is 16.6 Å². The molecule has 1 unspecified atom stereocenters. The molecule has 1 aliphatic carbocycles. The summed E-state index contributed by atoms with van der Waals surface area (Å²) in [5.74, 6) is 6.80. The van der Waals surface area contributed by atoms with Crippen LogP contribution in [0, 0.1) is 11.3 Å². The zero-order valence-electron chi connectivity index (χ0n) is 11.7. The van der Waals surface area contributed by atoms with Crippen LogP contribution in [-0.2, 0) is 0 Å². The van der Waals surface area contributed by atoms with Gasteiger partial charge in [-0.25, -0.2) is 5.84 Å². The van der Waals surface area contributed by atoms with Crippen molar-refractivity contribution in [1.29, 1.82) is 0 Å². The summed E-state index contributed by atoms with van der Waals surface area (Å²) in [4.78, 5) is 4.45. The van der Waals surface area contributed by atoms with Crippen molar-refractivity contribution in [3.8, 4) is 0 Å². The molecule has 0 radical (unpaired) electrons. The van der Waals surface area contributed by atoms with E-state index in [2.05, 4.69) is 43.4 Å². The average Bonchev–Trinajstić information content (AvgIpc) is 2.22. The van der Waals surface area contributed by atoms with Gasteiger partial charge in [0, 0.05) is 12.6 Å². The van der Waals surface area contributed by atoms with Crippen LogP contribution in [0.1, 0.15) is 53.4 Å². The van der Waals surface area contributed by atoms with Crippen LogP contribution in [-0.4, -0.2) is 18.5 Å². The van der Waals surface area contributed by atoms with Crippen LogP contribution in [0.3, 0.4) is 0 Å². The summed E-state index contributed by atoms with van der Waals surface area (Å²) in [6, 6.07) is 0.501. The third-order valence-corrected chi connectivity index (χ3v) is 3.30. The van der Waals surface area contributed by atoms with Crippen molar-refractivity contribution in [3.05, 3.63) is 0 Å². The van der Waals surface area contributed by atoms with Gasteiger partial charge in [0.25, 0.3) is 0 Å². The normalized spacial score (nSPS) is 24.8. The molecule has 0 bridgehead atoms. The number of nitrogens with one attached hydrogen (secondary N) is 2. The number of aliphatic imine (C=N–C) groups is 1. The van der Waals surface area contributed by atoms with Crippen LogP contribution in [0.5, 0.6) is 0 Å². The highest BCUT2D eigenvalue weighted by Gasteiger charge is 2.28. The molecule has 17 heavy (non-hydrogen) atoms. The van der Waals surface area contributed by atoms with Gasteiger partial charge < -0.3 is 5.32 Å². The number of nitrogens with two attached hydrogens (primary N) is 1. The summed E-state index contributed by atoms with van der Waals surface area (Å²) in [5, 5.41) is 3.43. The van der Waals surface area contributed by atoms with E-state index in [1.807, 2.05) is 0 Å².